The highest BCUT2D eigenvalue weighted by Gasteiger charge is 2.25. The van der Waals surface area contributed by atoms with E-state index in [4.69, 9.17) is 16.3 Å². The Bertz CT molecular complexity index is 728. The minimum atomic E-state index is -0.658. The maximum absolute atomic E-state index is 12.2. The molecular formula is C17H16ClN3O2. The van der Waals surface area contributed by atoms with Crippen molar-refractivity contribution in [2.75, 3.05) is 11.9 Å². The molecule has 23 heavy (non-hydrogen) atoms. The molecule has 6 heteroatoms. The largest absolute Gasteiger partial charge is 0.461 e. The summed E-state index contributed by atoms with van der Waals surface area (Å²) in [6.45, 7) is 0.350. The van der Waals surface area contributed by atoms with Gasteiger partial charge in [0.05, 0.1) is 18.0 Å². The van der Waals surface area contributed by atoms with Gasteiger partial charge in [0, 0.05) is 0 Å². The molecule has 1 heterocycles. The normalized spacial score (nSPS) is 19.2. The summed E-state index contributed by atoms with van der Waals surface area (Å²) >= 11 is 6.13. The number of hydrogen-bond donors (Lipinski definition) is 1. The molecule has 1 aromatic rings. The number of carbonyl (C=O) groups is 1. The number of rotatable bonds is 3. The van der Waals surface area contributed by atoms with Crippen LogP contribution in [0.4, 0.5) is 11.4 Å². The number of benzene rings is 1. The number of nitrogens with one attached hydrogen (secondary N) is 1. The molecule has 1 saturated carbocycles. The van der Waals surface area contributed by atoms with Gasteiger partial charge in [0.1, 0.15) is 11.8 Å². The van der Waals surface area contributed by atoms with Gasteiger partial charge in [0.25, 0.3) is 0 Å². The van der Waals surface area contributed by atoms with Crippen molar-refractivity contribution in [3.05, 3.63) is 35.5 Å². The molecule has 2 aliphatic rings. The second kappa shape index (κ2) is 6.84. The van der Waals surface area contributed by atoms with Crippen molar-refractivity contribution in [2.45, 2.75) is 25.7 Å². The average molecular weight is 330 g/mol. The number of hydrogen-bond acceptors (Lipinski definition) is 5. The fourth-order valence-electron chi connectivity index (χ4n) is 2.84. The van der Waals surface area contributed by atoms with Crippen LogP contribution in [0, 0.1) is 17.2 Å². The van der Waals surface area contributed by atoms with E-state index in [1.54, 1.807) is 12.1 Å². The number of esters is 1. The predicted molar refractivity (Wildman–Crippen MR) is 88.6 cm³/mol. The van der Waals surface area contributed by atoms with E-state index in [9.17, 15) is 10.1 Å². The third kappa shape index (κ3) is 3.38. The monoisotopic (exact) mass is 329 g/mol. The highest BCUT2D eigenvalue weighted by molar-refractivity contribution is 6.70. The Morgan fingerprint density at radius 2 is 2.13 bits per heavy atom. The number of nitrogens with zero attached hydrogens (tertiary/aromatic N) is 2. The van der Waals surface area contributed by atoms with Gasteiger partial charge >= 0.3 is 5.97 Å². The minimum absolute atomic E-state index is 0.0815. The van der Waals surface area contributed by atoms with Crippen LogP contribution in [0.5, 0.6) is 0 Å². The van der Waals surface area contributed by atoms with E-state index in [-0.39, 0.29) is 16.4 Å². The maximum atomic E-state index is 12.2. The van der Waals surface area contributed by atoms with Gasteiger partial charge in [-0.25, -0.2) is 9.79 Å². The molecule has 0 radical (unpaired) electrons. The zero-order valence-corrected chi connectivity index (χ0v) is 13.3. The van der Waals surface area contributed by atoms with Gasteiger partial charge in [0.15, 0.2) is 10.7 Å². The first-order chi connectivity index (χ1) is 11.2. The van der Waals surface area contributed by atoms with Crippen LogP contribution in [-0.2, 0) is 9.53 Å². The lowest BCUT2D eigenvalue weighted by molar-refractivity contribution is -0.139. The molecule has 1 aliphatic carbocycles. The summed E-state index contributed by atoms with van der Waals surface area (Å²) in [4.78, 5) is 16.5. The van der Waals surface area contributed by atoms with Crippen molar-refractivity contribution in [1.29, 1.82) is 5.26 Å². The zero-order valence-electron chi connectivity index (χ0n) is 12.5. The van der Waals surface area contributed by atoms with Crippen LogP contribution in [0.15, 0.2) is 40.5 Å². The van der Waals surface area contributed by atoms with Crippen molar-refractivity contribution in [2.24, 2.45) is 10.9 Å². The van der Waals surface area contributed by atoms with Gasteiger partial charge in [-0.3, -0.25) is 0 Å². The summed E-state index contributed by atoms with van der Waals surface area (Å²) in [6, 6.07) is 9.16. The van der Waals surface area contributed by atoms with Crippen LogP contribution in [-0.4, -0.2) is 17.7 Å². The van der Waals surface area contributed by atoms with Crippen LogP contribution >= 0.6 is 11.6 Å². The van der Waals surface area contributed by atoms with E-state index in [1.165, 1.54) is 12.8 Å². The SMILES string of the molecule is N#C/C(C(=O)OCC1CCCC1)=C1/Nc2ccccc2N=C1Cl. The second-order valence-electron chi connectivity index (χ2n) is 5.66. The number of para-hydroxylation sites is 2. The van der Waals surface area contributed by atoms with E-state index in [0.717, 1.165) is 12.8 Å². The van der Waals surface area contributed by atoms with E-state index in [2.05, 4.69) is 10.3 Å². The molecular weight excluding hydrogens is 314 g/mol. The van der Waals surface area contributed by atoms with E-state index in [1.807, 2.05) is 18.2 Å². The lowest BCUT2D eigenvalue weighted by Crippen LogP contribution is -2.20. The highest BCUT2D eigenvalue weighted by Crippen LogP contribution is 2.32. The van der Waals surface area contributed by atoms with Gasteiger partial charge in [0.2, 0.25) is 0 Å². The summed E-state index contributed by atoms with van der Waals surface area (Å²) in [5.74, 6) is -0.261. The smallest absolute Gasteiger partial charge is 0.351 e. The number of ether oxygens (including phenoxy) is 1. The number of aliphatic imine (C=N–C) groups is 1. The van der Waals surface area contributed by atoms with E-state index in [0.29, 0.717) is 23.9 Å². The molecule has 5 nitrogen and oxygen atoms in total. The quantitative estimate of drug-likeness (QED) is 0.518. The Balaban J connectivity index is 1.80. The predicted octanol–water partition coefficient (Wildman–Crippen LogP) is 3.89. The molecule has 0 aromatic heterocycles. The lowest BCUT2D eigenvalue weighted by atomic mass is 10.1. The molecule has 0 bridgehead atoms. The molecule has 1 aliphatic heterocycles. The van der Waals surface area contributed by atoms with Crippen molar-refractivity contribution >= 4 is 34.1 Å². The van der Waals surface area contributed by atoms with Gasteiger partial charge in [-0.1, -0.05) is 36.6 Å². The Hall–Kier alpha value is -2.32. The van der Waals surface area contributed by atoms with Crippen LogP contribution in [0.2, 0.25) is 0 Å². The lowest BCUT2D eigenvalue weighted by Gasteiger charge is -2.18. The number of halogens is 1. The molecule has 1 fully saturated rings. The first kappa shape index (κ1) is 15.6. The number of allylic oxidation sites excluding steroid dienone is 1. The Labute approximate surface area is 139 Å². The fraction of sp³-hybridized carbons (Fsp3) is 0.353. The first-order valence-electron chi connectivity index (χ1n) is 7.61. The first-order valence-corrected chi connectivity index (χ1v) is 7.99. The Kier molecular flexibility index (Phi) is 4.63. The summed E-state index contributed by atoms with van der Waals surface area (Å²) in [5.41, 5.74) is 1.41. The molecule has 118 valence electrons. The summed E-state index contributed by atoms with van der Waals surface area (Å²) < 4.78 is 5.30. The van der Waals surface area contributed by atoms with Crippen LogP contribution in [0.1, 0.15) is 25.7 Å². The van der Waals surface area contributed by atoms with Crippen molar-refractivity contribution in [3.8, 4) is 6.07 Å². The van der Waals surface area contributed by atoms with Crippen LogP contribution < -0.4 is 5.32 Å². The molecule has 1 N–H and O–H groups in total. The van der Waals surface area contributed by atoms with E-state index >= 15 is 0 Å². The Morgan fingerprint density at radius 3 is 2.87 bits per heavy atom. The fourth-order valence-corrected chi connectivity index (χ4v) is 3.07. The number of anilines is 1. The highest BCUT2D eigenvalue weighted by atomic mass is 35.5. The summed E-state index contributed by atoms with van der Waals surface area (Å²) in [6.07, 6.45) is 4.48. The maximum Gasteiger partial charge on any atom is 0.351 e. The number of carbonyl (C=O) groups excluding carboxylic acids is 1. The molecule has 0 spiro atoms. The second-order valence-corrected chi connectivity index (χ2v) is 6.01. The van der Waals surface area contributed by atoms with Crippen molar-refractivity contribution < 1.29 is 9.53 Å². The minimum Gasteiger partial charge on any atom is -0.461 e. The van der Waals surface area contributed by atoms with Gasteiger partial charge < -0.3 is 10.1 Å². The zero-order chi connectivity index (χ0) is 16.2. The van der Waals surface area contributed by atoms with Crippen LogP contribution in [0.25, 0.3) is 0 Å². The molecule has 0 atom stereocenters. The van der Waals surface area contributed by atoms with Crippen molar-refractivity contribution in [1.82, 2.24) is 0 Å². The molecule has 0 amide bonds. The van der Waals surface area contributed by atoms with Gasteiger partial charge in [-0.15, -0.1) is 0 Å². The standard InChI is InChI=1S/C17H16ClN3O2/c18-16-15(20-13-7-3-4-8-14(13)21-16)12(9-19)17(22)23-10-11-5-1-2-6-11/h3-4,7-8,11,20H,1-2,5-6,10H2/b15-12-. The molecule has 0 saturated heterocycles. The van der Waals surface area contributed by atoms with Gasteiger partial charge in [-0.2, -0.15) is 5.26 Å². The van der Waals surface area contributed by atoms with Crippen molar-refractivity contribution in [3.63, 3.8) is 0 Å². The third-order valence-corrected chi connectivity index (χ3v) is 4.35. The molecule has 0 unspecified atom stereocenters. The Morgan fingerprint density at radius 1 is 1.39 bits per heavy atom. The third-order valence-electron chi connectivity index (χ3n) is 4.08. The number of nitriles is 1. The molecule has 3 rings (SSSR count). The van der Waals surface area contributed by atoms with E-state index < -0.39 is 5.97 Å². The van der Waals surface area contributed by atoms with Gasteiger partial charge in [-0.05, 0) is 30.9 Å². The summed E-state index contributed by atoms with van der Waals surface area (Å²) in [7, 11) is 0. The summed E-state index contributed by atoms with van der Waals surface area (Å²) in [5, 5.41) is 12.4. The number of fused-ring (bicyclic) bond motifs is 1. The van der Waals surface area contributed by atoms with Crippen LogP contribution in [0.3, 0.4) is 0 Å². The topological polar surface area (TPSA) is 74.5 Å². The molecule has 1 aromatic carbocycles. The average Bonchev–Trinajstić information content (AvgIpc) is 3.07.